The maximum Gasteiger partial charge on any atom is 0.416 e. The molecule has 1 atom stereocenters. The van der Waals surface area contributed by atoms with Crippen molar-refractivity contribution in [2.45, 2.75) is 25.2 Å². The van der Waals surface area contributed by atoms with Crippen molar-refractivity contribution in [3.8, 4) is 0 Å². The van der Waals surface area contributed by atoms with E-state index in [2.05, 4.69) is 10.6 Å². The molecule has 2 aromatic carbocycles. The summed E-state index contributed by atoms with van der Waals surface area (Å²) in [7, 11) is 0. The van der Waals surface area contributed by atoms with Crippen LogP contribution in [0.2, 0.25) is 0 Å². The number of benzene rings is 2. The number of anilines is 2. The van der Waals surface area contributed by atoms with Crippen molar-refractivity contribution in [1.29, 1.82) is 0 Å². The topological polar surface area (TPSA) is 81.8 Å². The Balaban J connectivity index is 1.44. The second-order valence-electron chi connectivity index (χ2n) is 7.46. The lowest BCUT2D eigenvalue weighted by molar-refractivity contribution is -0.137. The van der Waals surface area contributed by atoms with Crippen LogP contribution in [0, 0.1) is 0 Å². The Morgan fingerprint density at radius 2 is 1.84 bits per heavy atom. The number of urea groups is 1. The fourth-order valence-electron chi connectivity index (χ4n) is 3.72. The third kappa shape index (κ3) is 4.47. The molecule has 2 heterocycles. The first-order valence-electron chi connectivity index (χ1n) is 9.61. The maximum absolute atomic E-state index is 13.0. The molecule has 2 aliphatic heterocycles. The van der Waals surface area contributed by atoms with Gasteiger partial charge in [0, 0.05) is 24.3 Å². The summed E-state index contributed by atoms with van der Waals surface area (Å²) in [5, 5.41) is 5.46. The number of hydrogen-bond acceptors (Lipinski definition) is 3. The fourth-order valence-corrected chi connectivity index (χ4v) is 3.72. The van der Waals surface area contributed by atoms with Crippen LogP contribution in [0.15, 0.2) is 48.5 Å². The summed E-state index contributed by atoms with van der Waals surface area (Å²) in [5.74, 6) is -0.725. The Kier molecular flexibility index (Phi) is 5.30. The van der Waals surface area contributed by atoms with Crippen LogP contribution < -0.4 is 15.5 Å². The Morgan fingerprint density at radius 3 is 2.61 bits per heavy atom. The molecular weight excluding hydrogens is 413 g/mol. The van der Waals surface area contributed by atoms with E-state index in [0.717, 1.165) is 17.7 Å². The van der Waals surface area contributed by atoms with Crippen LogP contribution in [-0.2, 0) is 22.3 Å². The number of fused-ring (bicyclic) bond motifs is 1. The number of nitrogens with one attached hydrogen (secondary N) is 2. The molecule has 4 amide bonds. The van der Waals surface area contributed by atoms with Gasteiger partial charge in [-0.05, 0) is 29.8 Å². The minimum Gasteiger partial charge on any atom is -0.333 e. The van der Waals surface area contributed by atoms with Gasteiger partial charge in [-0.3, -0.25) is 9.59 Å². The highest BCUT2D eigenvalue weighted by Gasteiger charge is 2.35. The number of halogens is 3. The van der Waals surface area contributed by atoms with Crippen molar-refractivity contribution in [3.63, 3.8) is 0 Å². The van der Waals surface area contributed by atoms with Gasteiger partial charge in [0.2, 0.25) is 11.8 Å². The minimum absolute atomic E-state index is 0.0430. The van der Waals surface area contributed by atoms with Gasteiger partial charge in [-0.2, -0.15) is 13.2 Å². The highest BCUT2D eigenvalue weighted by atomic mass is 19.4. The van der Waals surface area contributed by atoms with Crippen LogP contribution >= 0.6 is 0 Å². The summed E-state index contributed by atoms with van der Waals surface area (Å²) in [5.41, 5.74) is 0.685. The van der Waals surface area contributed by atoms with Gasteiger partial charge >= 0.3 is 12.2 Å². The Morgan fingerprint density at radius 1 is 1.06 bits per heavy atom. The number of carbonyl (C=O) groups excluding carboxylic acids is 3. The molecule has 0 aromatic heterocycles. The second kappa shape index (κ2) is 7.93. The molecule has 2 aromatic rings. The van der Waals surface area contributed by atoms with E-state index in [0.29, 0.717) is 5.69 Å². The van der Waals surface area contributed by atoms with Gasteiger partial charge in [0.1, 0.15) is 6.54 Å². The molecular formula is C21H19F3N4O3. The normalized spacial score (nSPS) is 19.0. The van der Waals surface area contributed by atoms with Crippen molar-refractivity contribution in [2.75, 3.05) is 23.3 Å². The number of amides is 4. The Bertz CT molecular complexity index is 1040. The van der Waals surface area contributed by atoms with Gasteiger partial charge in [-0.1, -0.05) is 24.3 Å². The standard InChI is InChI=1S/C21H19F3N4O3/c22-21(23,24)14-5-3-6-16(8-14)28-11-15(9-19(28)30)25-20(31)27-10-13-4-1-2-7-17(13)26-18(29)12-27/h1-8,15H,9-12H2,(H,25,31)(H,26,29). The quantitative estimate of drug-likeness (QED) is 0.766. The number of carbonyl (C=O) groups is 3. The predicted octanol–water partition coefficient (Wildman–Crippen LogP) is 2.97. The van der Waals surface area contributed by atoms with Gasteiger partial charge in [0.15, 0.2) is 0 Å². The van der Waals surface area contributed by atoms with Crippen LogP contribution in [-0.4, -0.2) is 41.9 Å². The zero-order valence-electron chi connectivity index (χ0n) is 16.3. The van der Waals surface area contributed by atoms with Crippen LogP contribution in [0.25, 0.3) is 0 Å². The molecule has 31 heavy (non-hydrogen) atoms. The molecule has 1 saturated heterocycles. The summed E-state index contributed by atoms with van der Waals surface area (Å²) in [6.07, 6.45) is -4.56. The molecule has 0 bridgehead atoms. The van der Waals surface area contributed by atoms with Crippen molar-refractivity contribution in [1.82, 2.24) is 10.2 Å². The molecule has 0 aliphatic carbocycles. The van der Waals surface area contributed by atoms with Crippen molar-refractivity contribution in [2.24, 2.45) is 0 Å². The number of nitrogens with zero attached hydrogens (tertiary/aromatic N) is 2. The summed E-state index contributed by atoms with van der Waals surface area (Å²) in [4.78, 5) is 39.8. The van der Waals surface area contributed by atoms with Gasteiger partial charge in [0.05, 0.1) is 18.2 Å². The molecule has 7 nitrogen and oxygen atoms in total. The predicted molar refractivity (Wildman–Crippen MR) is 106 cm³/mol. The Hall–Kier alpha value is -3.56. The third-order valence-electron chi connectivity index (χ3n) is 5.21. The molecule has 1 fully saturated rings. The largest absolute Gasteiger partial charge is 0.416 e. The molecule has 0 saturated carbocycles. The number of para-hydroxylation sites is 1. The SMILES string of the molecule is O=C1CN(C(=O)NC2CC(=O)N(c3cccc(C(F)(F)F)c3)C2)Cc2ccccc2N1. The van der Waals surface area contributed by atoms with Gasteiger partial charge in [-0.25, -0.2) is 4.79 Å². The lowest BCUT2D eigenvalue weighted by Crippen LogP contribution is -2.47. The molecule has 1 unspecified atom stereocenters. The van der Waals surface area contributed by atoms with Crippen LogP contribution in [0.5, 0.6) is 0 Å². The van der Waals surface area contributed by atoms with Gasteiger partial charge < -0.3 is 20.4 Å². The average Bonchev–Trinajstić information content (AvgIpc) is 2.98. The maximum atomic E-state index is 13.0. The average molecular weight is 432 g/mol. The van der Waals surface area contributed by atoms with Crippen molar-refractivity contribution < 1.29 is 27.6 Å². The van der Waals surface area contributed by atoms with E-state index in [9.17, 15) is 27.6 Å². The van der Waals surface area contributed by atoms with E-state index in [-0.39, 0.29) is 43.6 Å². The van der Waals surface area contributed by atoms with Crippen LogP contribution in [0.3, 0.4) is 0 Å². The summed E-state index contributed by atoms with van der Waals surface area (Å²) >= 11 is 0. The van der Waals surface area contributed by atoms with Gasteiger partial charge in [-0.15, -0.1) is 0 Å². The van der Waals surface area contributed by atoms with Crippen molar-refractivity contribution in [3.05, 3.63) is 59.7 Å². The first-order valence-corrected chi connectivity index (χ1v) is 9.61. The molecule has 4 rings (SSSR count). The van der Waals surface area contributed by atoms with E-state index in [1.54, 1.807) is 24.3 Å². The highest BCUT2D eigenvalue weighted by Crippen LogP contribution is 2.32. The van der Waals surface area contributed by atoms with Crippen LogP contribution in [0.4, 0.5) is 29.3 Å². The number of alkyl halides is 3. The van der Waals surface area contributed by atoms with E-state index >= 15 is 0 Å². The lowest BCUT2D eigenvalue weighted by Gasteiger charge is -2.23. The molecule has 0 spiro atoms. The third-order valence-corrected chi connectivity index (χ3v) is 5.21. The number of hydrogen-bond donors (Lipinski definition) is 2. The highest BCUT2D eigenvalue weighted by molar-refractivity contribution is 5.98. The zero-order valence-corrected chi connectivity index (χ0v) is 16.3. The molecule has 0 radical (unpaired) electrons. The molecule has 10 heteroatoms. The van der Waals surface area contributed by atoms with E-state index in [1.807, 2.05) is 0 Å². The molecule has 162 valence electrons. The molecule has 2 aliphatic rings. The second-order valence-corrected chi connectivity index (χ2v) is 7.46. The monoisotopic (exact) mass is 432 g/mol. The first-order chi connectivity index (χ1) is 14.7. The lowest BCUT2D eigenvalue weighted by atomic mass is 10.2. The van der Waals surface area contributed by atoms with E-state index in [1.165, 1.54) is 21.9 Å². The zero-order chi connectivity index (χ0) is 22.2. The summed E-state index contributed by atoms with van der Waals surface area (Å²) in [6.45, 7) is 0.0970. The Labute approximate surface area is 175 Å². The van der Waals surface area contributed by atoms with E-state index in [4.69, 9.17) is 0 Å². The van der Waals surface area contributed by atoms with Crippen LogP contribution in [0.1, 0.15) is 17.5 Å². The summed E-state index contributed by atoms with van der Waals surface area (Å²) < 4.78 is 38.9. The smallest absolute Gasteiger partial charge is 0.333 e. The van der Waals surface area contributed by atoms with Crippen molar-refractivity contribution >= 4 is 29.2 Å². The van der Waals surface area contributed by atoms with E-state index < -0.39 is 23.8 Å². The molecule has 2 N–H and O–H groups in total. The van der Waals surface area contributed by atoms with Gasteiger partial charge in [0.25, 0.3) is 0 Å². The summed E-state index contributed by atoms with van der Waals surface area (Å²) in [6, 6.07) is 10.5. The minimum atomic E-state index is -4.52. The number of rotatable bonds is 2. The fraction of sp³-hybridized carbons (Fsp3) is 0.286. The first kappa shape index (κ1) is 20.7.